The predicted octanol–water partition coefficient (Wildman–Crippen LogP) is 5.26. The number of aromatic nitrogens is 2. The van der Waals surface area contributed by atoms with Crippen molar-refractivity contribution in [2.75, 3.05) is 7.05 Å². The number of carbonyl (C=O) groups excluding carboxylic acids is 2. The van der Waals surface area contributed by atoms with E-state index in [4.69, 9.17) is 9.47 Å². The maximum Gasteiger partial charge on any atom is 0.410 e. The Morgan fingerprint density at radius 1 is 1.16 bits per heavy atom. The number of thiophene rings is 1. The van der Waals surface area contributed by atoms with Gasteiger partial charge in [-0.3, -0.25) is 0 Å². The number of ether oxygens (including phenoxy) is 2. The molecule has 1 saturated carbocycles. The van der Waals surface area contributed by atoms with Crippen molar-refractivity contribution in [3.05, 3.63) is 16.8 Å². The SMILES string of the molecule is CC(=O)C[C@H]1CCc2sc3ncnc(OC4CCC(N(C)C(=O)OC(C)(C)C)CC4)c3c21. The van der Waals surface area contributed by atoms with Gasteiger partial charge in [-0.05, 0) is 77.7 Å². The van der Waals surface area contributed by atoms with Gasteiger partial charge in [-0.25, -0.2) is 14.8 Å². The number of hydrogen-bond donors (Lipinski definition) is 0. The lowest BCUT2D eigenvalue weighted by Gasteiger charge is -2.35. The fraction of sp³-hybridized carbons (Fsp3) is 0.667. The summed E-state index contributed by atoms with van der Waals surface area (Å²) in [6, 6.07) is 0.153. The van der Waals surface area contributed by atoms with Crippen LogP contribution in [0.2, 0.25) is 0 Å². The molecule has 32 heavy (non-hydrogen) atoms. The van der Waals surface area contributed by atoms with E-state index >= 15 is 0 Å². The highest BCUT2D eigenvalue weighted by Gasteiger charge is 2.33. The van der Waals surface area contributed by atoms with E-state index in [-0.39, 0.29) is 29.9 Å². The Kier molecular flexibility index (Phi) is 6.43. The zero-order chi connectivity index (χ0) is 23.0. The summed E-state index contributed by atoms with van der Waals surface area (Å²) in [5, 5.41) is 1.00. The van der Waals surface area contributed by atoms with Gasteiger partial charge in [0.25, 0.3) is 0 Å². The van der Waals surface area contributed by atoms with Crippen LogP contribution in [0, 0.1) is 0 Å². The summed E-state index contributed by atoms with van der Waals surface area (Å²) >= 11 is 1.70. The first-order chi connectivity index (χ1) is 15.1. The third-order valence-electron chi connectivity index (χ3n) is 6.38. The van der Waals surface area contributed by atoms with E-state index in [1.54, 1.807) is 29.5 Å². The average Bonchev–Trinajstić information content (AvgIpc) is 3.26. The van der Waals surface area contributed by atoms with Gasteiger partial charge in [-0.1, -0.05) is 0 Å². The molecule has 0 aromatic carbocycles. The molecule has 0 aliphatic heterocycles. The van der Waals surface area contributed by atoms with E-state index in [0.29, 0.717) is 12.3 Å². The molecule has 174 valence electrons. The molecule has 1 fully saturated rings. The molecule has 1 atom stereocenters. The van der Waals surface area contributed by atoms with Gasteiger partial charge in [-0.15, -0.1) is 11.3 Å². The summed E-state index contributed by atoms with van der Waals surface area (Å²) in [7, 11) is 1.82. The number of amides is 1. The third kappa shape index (κ3) is 4.90. The predicted molar refractivity (Wildman–Crippen MR) is 124 cm³/mol. The smallest absolute Gasteiger partial charge is 0.410 e. The topological polar surface area (TPSA) is 81.6 Å². The maximum absolute atomic E-state index is 12.4. The molecule has 1 amide bonds. The maximum atomic E-state index is 12.4. The van der Waals surface area contributed by atoms with Gasteiger partial charge in [0.05, 0.1) is 5.39 Å². The van der Waals surface area contributed by atoms with Crippen LogP contribution >= 0.6 is 11.3 Å². The van der Waals surface area contributed by atoms with Crippen LogP contribution in [0.25, 0.3) is 10.2 Å². The van der Waals surface area contributed by atoms with Crippen molar-refractivity contribution in [3.8, 4) is 5.88 Å². The molecule has 0 saturated heterocycles. The Bertz CT molecular complexity index is 1000. The van der Waals surface area contributed by atoms with E-state index < -0.39 is 5.60 Å². The van der Waals surface area contributed by atoms with E-state index in [1.807, 2.05) is 27.8 Å². The van der Waals surface area contributed by atoms with E-state index in [9.17, 15) is 9.59 Å². The van der Waals surface area contributed by atoms with Gasteiger partial charge in [0.15, 0.2) is 0 Å². The third-order valence-corrected chi connectivity index (χ3v) is 7.55. The number of ketones is 1. The number of hydrogen-bond acceptors (Lipinski definition) is 7. The Morgan fingerprint density at radius 2 is 1.88 bits per heavy atom. The highest BCUT2D eigenvalue weighted by molar-refractivity contribution is 7.19. The first-order valence-corrected chi connectivity index (χ1v) is 12.3. The largest absolute Gasteiger partial charge is 0.474 e. The van der Waals surface area contributed by atoms with Crippen molar-refractivity contribution in [3.63, 3.8) is 0 Å². The number of fused-ring (bicyclic) bond motifs is 3. The number of nitrogens with zero attached hydrogens (tertiary/aromatic N) is 3. The molecular weight excluding hydrogens is 426 g/mol. The molecule has 2 aromatic heterocycles. The second-order valence-corrected chi connectivity index (χ2v) is 11.2. The number of aryl methyl sites for hydroxylation is 1. The van der Waals surface area contributed by atoms with Gasteiger partial charge in [-0.2, -0.15) is 0 Å². The molecule has 0 spiro atoms. The minimum absolute atomic E-state index is 0.0552. The molecular formula is C24H33N3O4S. The van der Waals surface area contributed by atoms with Crippen molar-refractivity contribution >= 4 is 33.4 Å². The van der Waals surface area contributed by atoms with Crippen molar-refractivity contribution < 1.29 is 19.1 Å². The monoisotopic (exact) mass is 459 g/mol. The first-order valence-electron chi connectivity index (χ1n) is 11.5. The molecule has 2 aromatic rings. The zero-order valence-corrected chi connectivity index (χ0v) is 20.5. The van der Waals surface area contributed by atoms with Crippen LogP contribution in [0.15, 0.2) is 6.33 Å². The molecule has 8 heteroatoms. The normalized spacial score (nSPS) is 23.1. The van der Waals surface area contributed by atoms with Gasteiger partial charge >= 0.3 is 6.09 Å². The van der Waals surface area contributed by atoms with Crippen molar-refractivity contribution in [1.82, 2.24) is 14.9 Å². The minimum Gasteiger partial charge on any atom is -0.474 e. The van der Waals surface area contributed by atoms with Gasteiger partial charge in [0.2, 0.25) is 5.88 Å². The Morgan fingerprint density at radius 3 is 2.53 bits per heavy atom. The molecule has 7 nitrogen and oxygen atoms in total. The molecule has 0 radical (unpaired) electrons. The van der Waals surface area contributed by atoms with Crippen LogP contribution in [0.4, 0.5) is 4.79 Å². The van der Waals surface area contributed by atoms with Gasteiger partial charge in [0.1, 0.15) is 28.6 Å². The molecule has 4 rings (SSSR count). The van der Waals surface area contributed by atoms with Gasteiger partial charge < -0.3 is 19.2 Å². The van der Waals surface area contributed by atoms with Crippen LogP contribution in [0.1, 0.15) is 82.6 Å². The highest BCUT2D eigenvalue weighted by atomic mass is 32.1. The molecule has 0 unspecified atom stereocenters. The van der Waals surface area contributed by atoms with Gasteiger partial charge in [0, 0.05) is 24.4 Å². The van der Waals surface area contributed by atoms with Crippen molar-refractivity contribution in [1.29, 1.82) is 0 Å². The zero-order valence-electron chi connectivity index (χ0n) is 19.6. The standard InChI is InChI=1S/C24H33N3O4S/c1-14(28)12-15-6-11-18-19(15)20-21(25-13-26-22(20)32-18)30-17-9-7-16(8-10-17)27(5)23(29)31-24(2,3)4/h13,15-17H,6-12H2,1-5H3/t15-,16?,17?/m1/s1. The van der Waals surface area contributed by atoms with Crippen LogP contribution < -0.4 is 4.74 Å². The first kappa shape index (κ1) is 23.0. The summed E-state index contributed by atoms with van der Waals surface area (Å²) < 4.78 is 11.9. The van der Waals surface area contributed by atoms with Crippen molar-refractivity contribution in [2.45, 2.75) is 96.3 Å². The number of carbonyl (C=O) groups is 2. The fourth-order valence-electron chi connectivity index (χ4n) is 4.87. The summed E-state index contributed by atoms with van der Waals surface area (Å²) in [5.41, 5.74) is 0.736. The summed E-state index contributed by atoms with van der Waals surface area (Å²) in [6.07, 6.45) is 7.36. The van der Waals surface area contributed by atoms with Crippen LogP contribution in [-0.4, -0.2) is 51.5 Å². The molecule has 2 heterocycles. The van der Waals surface area contributed by atoms with Crippen LogP contribution in [-0.2, 0) is 16.0 Å². The van der Waals surface area contributed by atoms with E-state index in [2.05, 4.69) is 9.97 Å². The number of rotatable bonds is 5. The second kappa shape index (κ2) is 8.96. The Hall–Kier alpha value is -2.22. The van der Waals surface area contributed by atoms with Crippen LogP contribution in [0.5, 0.6) is 5.88 Å². The molecule has 2 aliphatic rings. The highest BCUT2D eigenvalue weighted by Crippen LogP contribution is 2.47. The molecule has 2 aliphatic carbocycles. The summed E-state index contributed by atoms with van der Waals surface area (Å²) in [6.45, 7) is 7.31. The Labute approximate surface area is 193 Å². The lowest BCUT2D eigenvalue weighted by Crippen LogP contribution is -2.43. The molecule has 0 bridgehead atoms. The average molecular weight is 460 g/mol. The van der Waals surface area contributed by atoms with E-state index in [1.165, 1.54) is 10.4 Å². The van der Waals surface area contributed by atoms with Crippen molar-refractivity contribution in [2.24, 2.45) is 0 Å². The lowest BCUT2D eigenvalue weighted by molar-refractivity contribution is -0.117. The van der Waals surface area contributed by atoms with E-state index in [0.717, 1.165) is 48.7 Å². The number of Topliss-reactive ketones (excluding diaryl/α,β-unsaturated/α-hetero) is 1. The second-order valence-electron chi connectivity index (χ2n) is 10.1. The lowest BCUT2D eigenvalue weighted by atomic mass is 9.92. The minimum atomic E-state index is -0.495. The quantitative estimate of drug-likeness (QED) is 0.607. The Balaban J connectivity index is 1.44. The summed E-state index contributed by atoms with van der Waals surface area (Å²) in [4.78, 5) is 37.1. The summed E-state index contributed by atoms with van der Waals surface area (Å²) in [5.74, 6) is 1.10. The molecule has 0 N–H and O–H groups in total. The fourth-order valence-corrected chi connectivity index (χ4v) is 6.10. The van der Waals surface area contributed by atoms with Crippen LogP contribution in [0.3, 0.4) is 0 Å².